The van der Waals surface area contributed by atoms with Crippen LogP contribution in [0.4, 0.5) is 0 Å². The molecule has 5 atom stereocenters. The molecule has 9 heteroatoms. The van der Waals surface area contributed by atoms with Gasteiger partial charge < -0.3 is 14.2 Å². The monoisotopic (exact) mass is 397 g/mol. The summed E-state index contributed by atoms with van der Waals surface area (Å²) in [5.41, 5.74) is 0.622. The van der Waals surface area contributed by atoms with Crippen molar-refractivity contribution < 1.29 is 9.26 Å². The van der Waals surface area contributed by atoms with Crippen LogP contribution < -0.4 is 10.6 Å². The van der Waals surface area contributed by atoms with E-state index in [1.165, 1.54) is 0 Å². The van der Waals surface area contributed by atoms with E-state index in [9.17, 15) is 4.79 Å². The molecule has 0 aliphatic carbocycles. The second-order valence-electron chi connectivity index (χ2n) is 7.16. The number of aromatic nitrogens is 4. The van der Waals surface area contributed by atoms with Crippen molar-refractivity contribution in [3.8, 4) is 0 Å². The van der Waals surface area contributed by atoms with Crippen molar-refractivity contribution in [2.24, 2.45) is 5.92 Å². The van der Waals surface area contributed by atoms with Crippen molar-refractivity contribution in [2.75, 3.05) is 6.66 Å². The molecule has 1 saturated heterocycles. The molecule has 1 aliphatic rings. The third-order valence-electron chi connectivity index (χ3n) is 4.65. The Labute approximate surface area is 162 Å². The molecule has 0 amide bonds. The smallest absolute Gasteiger partial charge is 0.279 e. The highest BCUT2D eigenvalue weighted by molar-refractivity contribution is 7.49. The zero-order chi connectivity index (χ0) is 19.0. The maximum absolute atomic E-state index is 12.1. The zero-order valence-corrected chi connectivity index (χ0v) is 17.1. The van der Waals surface area contributed by atoms with E-state index in [-0.39, 0.29) is 37.3 Å². The van der Waals surface area contributed by atoms with Gasteiger partial charge in [-0.05, 0) is 33.9 Å². The Bertz CT molecular complexity index is 821. The standard InChI is InChI=1S/C17H28N5O3P.CH4/c1-7-12-10(4)14(25-26(6)21-9(2)3)17(24-12)22-8-18-13-15(22)19-11(5)20-16(13)23;/h8-10,12,14,17,21H,7H2,1-6H3,(H,19,20,23);1H4/t10?,12-,14+,17-,26?;/m1./s1. The minimum absolute atomic E-state index is 0. The van der Waals surface area contributed by atoms with Gasteiger partial charge in [0.15, 0.2) is 17.4 Å². The molecule has 2 N–H and O–H groups in total. The molecule has 0 bridgehead atoms. The van der Waals surface area contributed by atoms with Crippen LogP contribution >= 0.6 is 8.30 Å². The van der Waals surface area contributed by atoms with E-state index in [0.29, 0.717) is 23.0 Å². The van der Waals surface area contributed by atoms with E-state index in [2.05, 4.69) is 54.4 Å². The van der Waals surface area contributed by atoms with E-state index in [1.807, 2.05) is 4.57 Å². The number of nitrogens with one attached hydrogen (secondary N) is 2. The van der Waals surface area contributed by atoms with E-state index in [1.54, 1.807) is 13.3 Å². The first-order valence-electron chi connectivity index (χ1n) is 9.07. The summed E-state index contributed by atoms with van der Waals surface area (Å²) in [6.45, 7) is 12.3. The number of hydrogen-bond acceptors (Lipinski definition) is 6. The SMILES string of the molecule is C.CC[C@H]1O[C@@H](n2cnc3c(=O)[nH]c(C)nc32)[C@@H](OP(C)NC(C)C)C1C. The second-order valence-corrected chi connectivity index (χ2v) is 8.62. The second kappa shape index (κ2) is 8.78. The topological polar surface area (TPSA) is 94.1 Å². The van der Waals surface area contributed by atoms with Gasteiger partial charge in [0.2, 0.25) is 0 Å². The fourth-order valence-electron chi connectivity index (χ4n) is 3.49. The fraction of sp³-hybridized carbons (Fsp3) is 0.722. The molecule has 0 radical (unpaired) electrons. The Balaban J connectivity index is 0.00000261. The maximum atomic E-state index is 12.1. The first-order valence-corrected chi connectivity index (χ1v) is 10.8. The van der Waals surface area contributed by atoms with Crippen LogP contribution in [0.1, 0.15) is 53.6 Å². The van der Waals surface area contributed by atoms with Crippen LogP contribution in [0.5, 0.6) is 0 Å². The molecule has 1 aliphatic heterocycles. The molecule has 3 rings (SSSR count). The Kier molecular flexibility index (Phi) is 7.14. The van der Waals surface area contributed by atoms with Crippen molar-refractivity contribution >= 4 is 19.5 Å². The van der Waals surface area contributed by atoms with Gasteiger partial charge in [-0.15, -0.1) is 0 Å². The molecule has 1 fully saturated rings. The molecule has 2 unspecified atom stereocenters. The van der Waals surface area contributed by atoms with Crippen molar-refractivity contribution in [1.29, 1.82) is 0 Å². The normalized spacial score (nSPS) is 26.5. The average molecular weight is 397 g/mol. The maximum Gasteiger partial charge on any atom is 0.279 e. The molecule has 0 aromatic carbocycles. The van der Waals surface area contributed by atoms with Crippen molar-refractivity contribution in [1.82, 2.24) is 24.6 Å². The van der Waals surface area contributed by atoms with Gasteiger partial charge in [-0.25, -0.2) is 9.97 Å². The molecular formula is C18H32N5O3P. The van der Waals surface area contributed by atoms with Gasteiger partial charge in [-0.1, -0.05) is 21.3 Å². The van der Waals surface area contributed by atoms with Crippen LogP contribution in [0.15, 0.2) is 11.1 Å². The van der Waals surface area contributed by atoms with Crippen LogP contribution in [-0.4, -0.2) is 44.4 Å². The highest BCUT2D eigenvalue weighted by atomic mass is 31.2. The van der Waals surface area contributed by atoms with Crippen molar-refractivity contribution in [3.63, 3.8) is 0 Å². The van der Waals surface area contributed by atoms with Gasteiger partial charge in [-0.2, -0.15) is 0 Å². The zero-order valence-electron chi connectivity index (χ0n) is 16.2. The number of H-pyrrole nitrogens is 1. The largest absolute Gasteiger partial charge is 0.352 e. The predicted octanol–water partition coefficient (Wildman–Crippen LogP) is 3.33. The van der Waals surface area contributed by atoms with Gasteiger partial charge in [0.05, 0.1) is 20.7 Å². The molecule has 0 spiro atoms. The van der Waals surface area contributed by atoms with Gasteiger partial charge >= 0.3 is 0 Å². The molecule has 3 heterocycles. The number of nitrogens with zero attached hydrogens (tertiary/aromatic N) is 3. The quantitative estimate of drug-likeness (QED) is 0.726. The summed E-state index contributed by atoms with van der Waals surface area (Å²) in [5, 5.41) is 3.44. The number of aryl methyl sites for hydroxylation is 1. The van der Waals surface area contributed by atoms with Crippen LogP contribution in [0.25, 0.3) is 11.2 Å². The van der Waals surface area contributed by atoms with Crippen LogP contribution in [0.2, 0.25) is 0 Å². The summed E-state index contributed by atoms with van der Waals surface area (Å²) >= 11 is 0. The summed E-state index contributed by atoms with van der Waals surface area (Å²) in [6.07, 6.45) is 2.13. The van der Waals surface area contributed by atoms with E-state index in [4.69, 9.17) is 9.26 Å². The molecule has 2 aromatic rings. The first kappa shape index (κ1) is 22.0. The Morgan fingerprint density at radius 1 is 1.48 bits per heavy atom. The van der Waals surface area contributed by atoms with E-state index in [0.717, 1.165) is 6.42 Å². The minimum atomic E-state index is -0.792. The highest BCUT2D eigenvalue weighted by Crippen LogP contribution is 2.44. The van der Waals surface area contributed by atoms with Crippen LogP contribution in [-0.2, 0) is 9.26 Å². The number of aromatic amines is 1. The lowest BCUT2D eigenvalue weighted by Crippen LogP contribution is -2.29. The molecule has 152 valence electrons. The highest BCUT2D eigenvalue weighted by Gasteiger charge is 2.44. The fourth-order valence-corrected chi connectivity index (χ4v) is 4.94. The molecule has 2 aromatic heterocycles. The van der Waals surface area contributed by atoms with E-state index >= 15 is 0 Å². The predicted molar refractivity (Wildman–Crippen MR) is 109 cm³/mol. The Hall–Kier alpha value is -1.34. The number of hydrogen-bond donors (Lipinski definition) is 2. The lowest BCUT2D eigenvalue weighted by molar-refractivity contribution is -0.0275. The third kappa shape index (κ3) is 4.40. The number of imidazole rings is 1. The van der Waals surface area contributed by atoms with Crippen molar-refractivity contribution in [2.45, 2.75) is 72.9 Å². The summed E-state index contributed by atoms with van der Waals surface area (Å²) in [6, 6.07) is 0.348. The Morgan fingerprint density at radius 3 is 2.81 bits per heavy atom. The van der Waals surface area contributed by atoms with Gasteiger partial charge in [0.1, 0.15) is 11.9 Å². The number of ether oxygens (including phenoxy) is 1. The lowest BCUT2D eigenvalue weighted by atomic mass is 9.99. The minimum Gasteiger partial charge on any atom is -0.352 e. The van der Waals surface area contributed by atoms with E-state index < -0.39 is 8.30 Å². The van der Waals surface area contributed by atoms with Crippen molar-refractivity contribution in [3.05, 3.63) is 22.5 Å². The van der Waals surface area contributed by atoms with Gasteiger partial charge in [0.25, 0.3) is 5.56 Å². The molecule has 27 heavy (non-hydrogen) atoms. The van der Waals surface area contributed by atoms with Gasteiger partial charge in [0, 0.05) is 12.0 Å². The summed E-state index contributed by atoms with van der Waals surface area (Å²) in [5.74, 6) is 0.781. The first-order chi connectivity index (χ1) is 12.3. The summed E-state index contributed by atoms with van der Waals surface area (Å²) < 4.78 is 14.5. The average Bonchev–Trinajstić information content (AvgIpc) is 3.09. The lowest BCUT2D eigenvalue weighted by Gasteiger charge is -2.27. The third-order valence-corrected chi connectivity index (χ3v) is 6.09. The molecule has 8 nitrogen and oxygen atoms in total. The van der Waals surface area contributed by atoms with Gasteiger partial charge in [-0.3, -0.25) is 14.4 Å². The Morgan fingerprint density at radius 2 is 2.19 bits per heavy atom. The molecule has 0 saturated carbocycles. The number of rotatable bonds is 6. The summed E-state index contributed by atoms with van der Waals surface area (Å²) in [7, 11) is -0.792. The van der Waals surface area contributed by atoms with Crippen LogP contribution in [0.3, 0.4) is 0 Å². The molecular weight excluding hydrogens is 365 g/mol. The summed E-state index contributed by atoms with van der Waals surface area (Å²) in [4.78, 5) is 23.6. The number of fused-ring (bicyclic) bond motifs is 1. The van der Waals surface area contributed by atoms with Crippen LogP contribution in [0, 0.1) is 12.8 Å².